The molecule has 0 unspecified atom stereocenters. The molecule has 0 radical (unpaired) electrons. The van der Waals surface area contributed by atoms with E-state index in [2.05, 4.69) is 18.7 Å². The van der Waals surface area contributed by atoms with Gasteiger partial charge in [-0.2, -0.15) is 5.26 Å². The van der Waals surface area contributed by atoms with Crippen molar-refractivity contribution < 1.29 is 24.8 Å². The lowest BCUT2D eigenvalue weighted by atomic mass is 9.69. The third-order valence-corrected chi connectivity index (χ3v) is 2.97. The van der Waals surface area contributed by atoms with Crippen molar-refractivity contribution in [2.24, 2.45) is 10.8 Å². The van der Waals surface area contributed by atoms with Gasteiger partial charge in [-0.15, -0.1) is 0 Å². The van der Waals surface area contributed by atoms with E-state index in [-0.39, 0.29) is 5.41 Å². The monoisotopic (exact) mass is 278 g/mol. The molecule has 0 fully saturated rings. The molecular formula is C14H30O5. The predicted octanol–water partition coefficient (Wildman–Crippen LogP) is 3.97. The Hall–Kier alpha value is -1.10. The van der Waals surface area contributed by atoms with Crippen molar-refractivity contribution in [1.29, 1.82) is 0 Å². The number of hydrogen-bond donors (Lipinski definition) is 2. The smallest absolute Gasteiger partial charge is 0.348 e. The lowest BCUT2D eigenvalue weighted by molar-refractivity contribution is -0.248. The summed E-state index contributed by atoms with van der Waals surface area (Å²) in [6.45, 7) is 14.7. The van der Waals surface area contributed by atoms with E-state index >= 15 is 0 Å². The molecule has 0 aliphatic heterocycles. The second-order valence-corrected chi connectivity index (χ2v) is 5.77. The Morgan fingerprint density at radius 3 is 1.32 bits per heavy atom. The van der Waals surface area contributed by atoms with Gasteiger partial charge in [0.1, 0.15) is 0 Å². The number of unbranched alkanes of at least 4 members (excludes halogenated alkanes) is 1. The van der Waals surface area contributed by atoms with Gasteiger partial charge in [0.2, 0.25) is 0 Å². The largest absolute Gasteiger partial charge is 0.481 e. The van der Waals surface area contributed by atoms with Crippen molar-refractivity contribution in [3.8, 4) is 0 Å². The van der Waals surface area contributed by atoms with E-state index in [4.69, 9.17) is 15.2 Å². The minimum absolute atomic E-state index is 0.215. The molecule has 0 saturated heterocycles. The quantitative estimate of drug-likeness (QED) is 0.589. The average molecular weight is 278 g/mol. The van der Waals surface area contributed by atoms with E-state index < -0.39 is 17.4 Å². The summed E-state index contributed by atoms with van der Waals surface area (Å²) in [6, 6.07) is 0. The lowest BCUT2D eigenvalue weighted by Gasteiger charge is -2.34. The third kappa shape index (κ3) is 13.1. The average Bonchev–Trinajstić information content (AvgIpc) is 2.26. The third-order valence-electron chi connectivity index (χ3n) is 2.97. The molecule has 0 rings (SSSR count). The van der Waals surface area contributed by atoms with E-state index in [1.807, 2.05) is 20.8 Å². The van der Waals surface area contributed by atoms with E-state index in [0.717, 1.165) is 6.92 Å². The second-order valence-electron chi connectivity index (χ2n) is 5.77. The standard InChI is InChI=1S/C8H16O3.C4H10.C2H4O2/c1-7(2,3)8(4,5)6(9)11-10;1-3-4-2;1-2(3)4/h10H,1-5H3;3-4H2,1-2H3;1H3,(H,3,4). The molecule has 0 saturated carbocycles. The molecule has 2 N–H and O–H groups in total. The predicted molar refractivity (Wildman–Crippen MR) is 75.8 cm³/mol. The van der Waals surface area contributed by atoms with Gasteiger partial charge in [0.15, 0.2) is 0 Å². The number of aliphatic carboxylic acids is 1. The van der Waals surface area contributed by atoms with Crippen LogP contribution in [0.2, 0.25) is 0 Å². The summed E-state index contributed by atoms with van der Waals surface area (Å²) in [4.78, 5) is 23.7. The number of carboxylic acid groups (broad SMARTS) is 1. The van der Waals surface area contributed by atoms with E-state index in [0.29, 0.717) is 0 Å². The Morgan fingerprint density at radius 2 is 1.26 bits per heavy atom. The Morgan fingerprint density at radius 1 is 1.00 bits per heavy atom. The Bertz CT molecular complexity index is 245. The second kappa shape index (κ2) is 10.8. The van der Waals surface area contributed by atoms with Crippen LogP contribution in [0.3, 0.4) is 0 Å². The molecule has 0 amide bonds. The molecule has 116 valence electrons. The van der Waals surface area contributed by atoms with Gasteiger partial charge >= 0.3 is 5.97 Å². The van der Waals surface area contributed by atoms with E-state index in [9.17, 15) is 4.79 Å². The number of carbonyl (C=O) groups excluding carboxylic acids is 1. The van der Waals surface area contributed by atoms with Gasteiger partial charge in [0.05, 0.1) is 5.41 Å². The molecule has 0 aromatic carbocycles. The van der Waals surface area contributed by atoms with Crippen molar-refractivity contribution in [2.45, 2.75) is 68.2 Å². The Kier molecular flexibility index (Phi) is 13.1. The summed E-state index contributed by atoms with van der Waals surface area (Å²) in [6.07, 6.45) is 2.64. The van der Waals surface area contributed by atoms with Crippen LogP contribution >= 0.6 is 0 Å². The summed E-state index contributed by atoms with van der Waals surface area (Å²) in [5, 5.41) is 15.6. The first-order valence-corrected chi connectivity index (χ1v) is 6.43. The fourth-order valence-electron chi connectivity index (χ4n) is 0.420. The number of carboxylic acids is 1. The zero-order valence-electron chi connectivity index (χ0n) is 13.5. The van der Waals surface area contributed by atoms with Crippen LogP contribution in [0, 0.1) is 10.8 Å². The highest BCUT2D eigenvalue weighted by atomic mass is 17.1. The fourth-order valence-corrected chi connectivity index (χ4v) is 0.420. The van der Waals surface area contributed by atoms with E-state index in [1.165, 1.54) is 12.8 Å². The summed E-state index contributed by atoms with van der Waals surface area (Å²) in [5.41, 5.74) is -0.880. The molecule has 0 aliphatic rings. The number of carbonyl (C=O) groups is 2. The van der Waals surface area contributed by atoms with Gasteiger partial charge in [-0.05, 0) is 19.3 Å². The minimum Gasteiger partial charge on any atom is -0.481 e. The van der Waals surface area contributed by atoms with Crippen LogP contribution in [0.25, 0.3) is 0 Å². The highest BCUT2D eigenvalue weighted by molar-refractivity contribution is 5.76. The topological polar surface area (TPSA) is 83.8 Å². The molecule has 0 aromatic heterocycles. The Balaban J connectivity index is -0.000000264. The molecule has 0 atom stereocenters. The summed E-state index contributed by atoms with van der Waals surface area (Å²) in [5.74, 6) is -1.43. The van der Waals surface area contributed by atoms with Crippen LogP contribution in [-0.2, 0) is 14.5 Å². The summed E-state index contributed by atoms with van der Waals surface area (Å²) < 4.78 is 0. The van der Waals surface area contributed by atoms with Crippen LogP contribution in [0.15, 0.2) is 0 Å². The minimum atomic E-state index is -0.833. The lowest BCUT2D eigenvalue weighted by Crippen LogP contribution is -2.38. The van der Waals surface area contributed by atoms with Crippen molar-refractivity contribution in [3.63, 3.8) is 0 Å². The highest BCUT2D eigenvalue weighted by Crippen LogP contribution is 2.38. The zero-order valence-corrected chi connectivity index (χ0v) is 13.5. The van der Waals surface area contributed by atoms with Crippen molar-refractivity contribution in [1.82, 2.24) is 0 Å². The van der Waals surface area contributed by atoms with Crippen molar-refractivity contribution in [2.75, 3.05) is 0 Å². The molecule has 0 spiro atoms. The SMILES string of the molecule is CC(=O)O.CC(C)(C)C(C)(C)C(=O)OO.CCCC. The van der Waals surface area contributed by atoms with Gasteiger partial charge in [-0.25, -0.2) is 4.79 Å². The van der Waals surface area contributed by atoms with Crippen molar-refractivity contribution >= 4 is 11.9 Å². The van der Waals surface area contributed by atoms with Gasteiger partial charge in [-0.3, -0.25) is 4.79 Å². The zero-order chi connectivity index (χ0) is 16.3. The Labute approximate surface area is 116 Å². The molecule has 0 heterocycles. The maximum Gasteiger partial charge on any atom is 0.348 e. The van der Waals surface area contributed by atoms with Gasteiger partial charge in [-0.1, -0.05) is 47.5 Å². The van der Waals surface area contributed by atoms with Gasteiger partial charge < -0.3 is 9.99 Å². The molecule has 0 bridgehead atoms. The number of hydrogen-bond acceptors (Lipinski definition) is 4. The van der Waals surface area contributed by atoms with Crippen LogP contribution in [0.1, 0.15) is 68.2 Å². The first-order valence-electron chi connectivity index (χ1n) is 6.43. The molecule has 5 nitrogen and oxygen atoms in total. The van der Waals surface area contributed by atoms with E-state index in [1.54, 1.807) is 13.8 Å². The molecule has 0 aliphatic carbocycles. The molecule has 5 heteroatoms. The first kappa shape index (κ1) is 23.0. The van der Waals surface area contributed by atoms with Crippen LogP contribution in [0.4, 0.5) is 0 Å². The fraction of sp³-hybridized carbons (Fsp3) is 0.857. The molecular weight excluding hydrogens is 248 g/mol. The normalized spacial score (nSPS) is 10.4. The first-order chi connectivity index (χ1) is 8.38. The maximum absolute atomic E-state index is 11.0. The molecule has 0 aromatic rings. The van der Waals surface area contributed by atoms with Gasteiger partial charge in [0.25, 0.3) is 5.97 Å². The highest BCUT2D eigenvalue weighted by Gasteiger charge is 2.41. The van der Waals surface area contributed by atoms with Crippen LogP contribution in [-0.4, -0.2) is 22.3 Å². The number of rotatable bonds is 2. The summed E-state index contributed by atoms with van der Waals surface area (Å²) >= 11 is 0. The molecule has 19 heavy (non-hydrogen) atoms. The van der Waals surface area contributed by atoms with Crippen LogP contribution in [0.5, 0.6) is 0 Å². The van der Waals surface area contributed by atoms with Gasteiger partial charge in [0, 0.05) is 6.92 Å². The van der Waals surface area contributed by atoms with Crippen LogP contribution < -0.4 is 0 Å². The maximum atomic E-state index is 11.0. The summed E-state index contributed by atoms with van der Waals surface area (Å²) in [7, 11) is 0. The van der Waals surface area contributed by atoms with Crippen molar-refractivity contribution in [3.05, 3.63) is 0 Å².